The van der Waals surface area contributed by atoms with E-state index in [4.69, 9.17) is 9.47 Å². The number of thioether (sulfide) groups is 1. The summed E-state index contributed by atoms with van der Waals surface area (Å²) in [7, 11) is 0. The van der Waals surface area contributed by atoms with Crippen LogP contribution in [0.1, 0.15) is 26.3 Å². The number of carbonyl (C=O) groups is 2. The molecule has 1 aromatic rings. The molecule has 0 unspecified atom stereocenters. The molecule has 2 rings (SSSR count). The fraction of sp³-hybridized carbons (Fsp3) is 0.389. The fourth-order valence-electron chi connectivity index (χ4n) is 2.28. The van der Waals surface area contributed by atoms with Gasteiger partial charge in [0.1, 0.15) is 5.75 Å². The molecule has 1 heterocycles. The van der Waals surface area contributed by atoms with E-state index in [0.717, 1.165) is 4.47 Å². The van der Waals surface area contributed by atoms with Gasteiger partial charge in [-0.15, -0.1) is 0 Å². The second-order valence-corrected chi connectivity index (χ2v) is 7.12. The summed E-state index contributed by atoms with van der Waals surface area (Å²) in [5.74, 6) is -0.0121. The molecule has 1 aliphatic rings. The van der Waals surface area contributed by atoms with Gasteiger partial charge in [-0.25, -0.2) is 4.79 Å². The summed E-state index contributed by atoms with van der Waals surface area (Å²) in [5, 5.41) is 0.704. The van der Waals surface area contributed by atoms with Crippen LogP contribution in [-0.2, 0) is 14.3 Å². The summed E-state index contributed by atoms with van der Waals surface area (Å²) in [6.07, 6.45) is 1.76. The lowest BCUT2D eigenvalue weighted by Crippen LogP contribution is -2.28. The van der Waals surface area contributed by atoms with Crippen molar-refractivity contribution in [2.24, 2.45) is 4.99 Å². The van der Waals surface area contributed by atoms with Gasteiger partial charge in [0.05, 0.1) is 11.5 Å². The van der Waals surface area contributed by atoms with Gasteiger partial charge in [0, 0.05) is 23.1 Å². The third-order valence-corrected chi connectivity index (χ3v) is 4.94. The third-order valence-electron chi connectivity index (χ3n) is 3.41. The van der Waals surface area contributed by atoms with Gasteiger partial charge < -0.3 is 9.47 Å². The highest BCUT2D eigenvalue weighted by molar-refractivity contribution is 9.10. The molecule has 0 spiro atoms. The minimum Gasteiger partial charge on any atom is -0.481 e. The summed E-state index contributed by atoms with van der Waals surface area (Å²) >= 11 is 4.77. The molecule has 0 aromatic heterocycles. The predicted octanol–water partition coefficient (Wildman–Crippen LogP) is 3.70. The molecule has 1 aliphatic heterocycles. The number of carbonyl (C=O) groups excluding carboxylic acids is 2. The van der Waals surface area contributed by atoms with Crippen LogP contribution in [0.25, 0.3) is 6.08 Å². The van der Waals surface area contributed by atoms with Crippen LogP contribution >= 0.6 is 27.7 Å². The van der Waals surface area contributed by atoms with Crippen molar-refractivity contribution in [1.82, 2.24) is 4.90 Å². The molecular weight excluding hydrogens is 420 g/mol. The number of benzene rings is 1. The number of hydrogen-bond donors (Lipinski definition) is 0. The van der Waals surface area contributed by atoms with Crippen LogP contribution < -0.4 is 4.74 Å². The van der Waals surface area contributed by atoms with Crippen LogP contribution in [0.5, 0.6) is 5.75 Å². The van der Waals surface area contributed by atoms with Crippen LogP contribution in [0.2, 0.25) is 0 Å². The van der Waals surface area contributed by atoms with Crippen molar-refractivity contribution in [3.8, 4) is 5.75 Å². The van der Waals surface area contributed by atoms with Crippen LogP contribution in [0.3, 0.4) is 0 Å². The number of aliphatic imine (C=N–C) groups is 1. The highest BCUT2D eigenvalue weighted by atomic mass is 79.9. The summed E-state index contributed by atoms with van der Waals surface area (Å²) in [4.78, 5) is 30.7. The van der Waals surface area contributed by atoms with Crippen LogP contribution in [0.4, 0.5) is 0 Å². The molecule has 0 aliphatic carbocycles. The van der Waals surface area contributed by atoms with Gasteiger partial charge in [-0.3, -0.25) is 14.7 Å². The van der Waals surface area contributed by atoms with Crippen molar-refractivity contribution in [2.75, 3.05) is 26.3 Å². The van der Waals surface area contributed by atoms with Gasteiger partial charge >= 0.3 is 5.97 Å². The Labute approximate surface area is 165 Å². The Bertz CT molecular complexity index is 749. The molecule has 0 radical (unpaired) electrons. The maximum Gasteiger partial charge on any atom is 0.344 e. The highest BCUT2D eigenvalue weighted by Gasteiger charge is 2.32. The maximum atomic E-state index is 12.6. The zero-order chi connectivity index (χ0) is 19.1. The smallest absolute Gasteiger partial charge is 0.344 e. The van der Waals surface area contributed by atoms with E-state index in [-0.39, 0.29) is 12.5 Å². The van der Waals surface area contributed by atoms with E-state index >= 15 is 0 Å². The third kappa shape index (κ3) is 5.11. The molecule has 0 saturated carbocycles. The Hall–Kier alpha value is -1.80. The molecule has 1 saturated heterocycles. The minimum atomic E-state index is -0.435. The lowest BCUT2D eigenvalue weighted by atomic mass is 10.2. The maximum absolute atomic E-state index is 12.6. The van der Waals surface area contributed by atoms with Gasteiger partial charge in [-0.2, -0.15) is 0 Å². The number of likely N-dealkylation sites (N-methyl/N-ethyl adjacent to an activating group) is 1. The van der Waals surface area contributed by atoms with Crippen LogP contribution in [0.15, 0.2) is 32.6 Å². The Morgan fingerprint density at radius 2 is 2.12 bits per heavy atom. The van der Waals surface area contributed by atoms with Crippen LogP contribution in [0, 0.1) is 0 Å². The minimum absolute atomic E-state index is 0.0824. The van der Waals surface area contributed by atoms with Gasteiger partial charge in [0.15, 0.2) is 11.8 Å². The number of ether oxygens (including phenoxy) is 2. The molecule has 1 fully saturated rings. The molecule has 6 nitrogen and oxygen atoms in total. The number of rotatable bonds is 7. The van der Waals surface area contributed by atoms with Gasteiger partial charge in [0.25, 0.3) is 5.91 Å². The number of amidine groups is 1. The summed E-state index contributed by atoms with van der Waals surface area (Å²) < 4.78 is 11.3. The number of hydrogen-bond acceptors (Lipinski definition) is 6. The Balaban J connectivity index is 2.29. The molecule has 8 heteroatoms. The zero-order valence-corrected chi connectivity index (χ0v) is 17.4. The molecule has 1 aromatic carbocycles. The van der Waals surface area contributed by atoms with Crippen molar-refractivity contribution in [3.05, 3.63) is 33.1 Å². The number of halogens is 1. The van der Waals surface area contributed by atoms with E-state index in [1.807, 2.05) is 26.0 Å². The highest BCUT2D eigenvalue weighted by Crippen LogP contribution is 2.35. The van der Waals surface area contributed by atoms with E-state index in [1.54, 1.807) is 24.0 Å². The van der Waals surface area contributed by atoms with Crippen molar-refractivity contribution in [3.63, 3.8) is 0 Å². The first-order chi connectivity index (χ1) is 12.5. The van der Waals surface area contributed by atoms with Gasteiger partial charge in [0.2, 0.25) is 0 Å². The van der Waals surface area contributed by atoms with E-state index in [9.17, 15) is 9.59 Å². The van der Waals surface area contributed by atoms with E-state index in [2.05, 4.69) is 20.9 Å². The predicted molar refractivity (Wildman–Crippen MR) is 107 cm³/mol. The molecule has 1 amide bonds. The molecular formula is C18H21BrN2O4S. The normalized spacial score (nSPS) is 17.2. The summed E-state index contributed by atoms with van der Waals surface area (Å²) in [6.45, 7) is 6.89. The first-order valence-electron chi connectivity index (χ1n) is 8.33. The summed E-state index contributed by atoms with van der Waals surface area (Å²) in [6, 6.07) is 5.40. The second kappa shape index (κ2) is 9.78. The standard InChI is InChI=1S/C18H21BrN2O4S/c1-4-20-18-21(5-2)17(23)15(26-18)10-12-9-13(19)7-8-14(12)25-11-16(22)24-6-3/h7-10H,4-6,11H2,1-3H3/b15-10-,20-18?. The zero-order valence-electron chi connectivity index (χ0n) is 15.0. The Morgan fingerprint density at radius 1 is 1.35 bits per heavy atom. The summed E-state index contributed by atoms with van der Waals surface area (Å²) in [5.41, 5.74) is 0.702. The van der Waals surface area contributed by atoms with Crippen LogP contribution in [-0.4, -0.2) is 48.2 Å². The second-order valence-electron chi connectivity index (χ2n) is 5.19. The van der Waals surface area contributed by atoms with Gasteiger partial charge in [-0.1, -0.05) is 15.9 Å². The first-order valence-corrected chi connectivity index (χ1v) is 9.94. The monoisotopic (exact) mass is 440 g/mol. The lowest BCUT2D eigenvalue weighted by Gasteiger charge is -2.11. The number of nitrogens with zero attached hydrogens (tertiary/aromatic N) is 2. The Kier molecular flexibility index (Phi) is 7.71. The average Bonchev–Trinajstić information content (AvgIpc) is 2.89. The fourth-order valence-corrected chi connectivity index (χ4v) is 3.76. The SMILES string of the molecule is CCN=C1S/C(=C\c2cc(Br)ccc2OCC(=O)OCC)C(=O)N1CC. The molecule has 0 bridgehead atoms. The molecule has 0 N–H and O–H groups in total. The first kappa shape index (κ1) is 20.5. The quantitative estimate of drug-likeness (QED) is 0.477. The molecule has 140 valence electrons. The van der Waals surface area contributed by atoms with Crippen molar-refractivity contribution < 1.29 is 19.1 Å². The van der Waals surface area contributed by atoms with Gasteiger partial charge in [-0.05, 0) is 56.8 Å². The number of esters is 1. The van der Waals surface area contributed by atoms with E-state index in [1.165, 1.54) is 11.8 Å². The van der Waals surface area contributed by atoms with E-state index < -0.39 is 5.97 Å². The number of amides is 1. The van der Waals surface area contributed by atoms with Crippen molar-refractivity contribution in [1.29, 1.82) is 0 Å². The van der Waals surface area contributed by atoms with Crippen molar-refractivity contribution >= 4 is 50.8 Å². The van der Waals surface area contributed by atoms with Crippen molar-refractivity contribution in [2.45, 2.75) is 20.8 Å². The van der Waals surface area contributed by atoms with E-state index in [0.29, 0.717) is 41.1 Å². The average molecular weight is 441 g/mol. The molecule has 26 heavy (non-hydrogen) atoms. The Morgan fingerprint density at radius 3 is 2.77 bits per heavy atom. The largest absolute Gasteiger partial charge is 0.481 e. The molecule has 0 atom stereocenters. The lowest BCUT2D eigenvalue weighted by molar-refractivity contribution is -0.145. The topological polar surface area (TPSA) is 68.2 Å².